The van der Waals surface area contributed by atoms with E-state index in [0.717, 1.165) is 29.9 Å². The molecule has 4 N–H and O–H groups in total. The lowest BCUT2D eigenvalue weighted by molar-refractivity contribution is -0.142. The van der Waals surface area contributed by atoms with E-state index < -0.39 is 23.2 Å². The van der Waals surface area contributed by atoms with Gasteiger partial charge >= 0.3 is 0 Å². The van der Waals surface area contributed by atoms with Crippen LogP contribution in [0.3, 0.4) is 0 Å². The summed E-state index contributed by atoms with van der Waals surface area (Å²) in [5, 5.41) is 18.0. The van der Waals surface area contributed by atoms with Crippen LogP contribution in [0, 0.1) is 17.8 Å². The number of nitrogens with two attached hydrogens (primary N) is 1. The fraction of sp³-hybridized carbons (Fsp3) is 0.400. The van der Waals surface area contributed by atoms with Gasteiger partial charge in [0, 0.05) is 24.1 Å². The second kappa shape index (κ2) is 8.36. The van der Waals surface area contributed by atoms with E-state index in [4.69, 9.17) is 5.73 Å². The number of rotatable bonds is 4. The van der Waals surface area contributed by atoms with Crippen LogP contribution in [0.5, 0.6) is 0 Å². The summed E-state index contributed by atoms with van der Waals surface area (Å²) in [4.78, 5) is 50.1. The number of benzene rings is 1. The summed E-state index contributed by atoms with van der Waals surface area (Å²) in [5.41, 5.74) is 5.90. The van der Waals surface area contributed by atoms with Gasteiger partial charge in [-0.15, -0.1) is 0 Å². The predicted molar refractivity (Wildman–Crippen MR) is 123 cm³/mol. The van der Waals surface area contributed by atoms with Crippen LogP contribution in [0.15, 0.2) is 24.3 Å². The molecule has 2 aliphatic carbocycles. The maximum atomic E-state index is 12.4. The number of ketones is 1. The number of likely N-dealkylation sites (N-methyl/N-ethyl adjacent to an activating group) is 1. The Balaban J connectivity index is 1.51. The molecule has 2 aromatic rings. The van der Waals surface area contributed by atoms with E-state index in [2.05, 4.69) is 22.3 Å². The molecule has 1 aromatic heterocycles. The number of likely N-dealkylation sites (tertiary alicyclic amines) is 1. The Hall–Kier alpha value is -3.97. The monoisotopic (exact) mass is 475 g/mol. The third-order valence-electron chi connectivity index (χ3n) is 6.69. The molecule has 0 bridgehead atoms. The molecule has 1 saturated heterocycles. The van der Waals surface area contributed by atoms with Crippen molar-refractivity contribution in [3.05, 3.63) is 46.8 Å². The molecule has 2 heterocycles. The number of carbonyl (C=O) groups is 4. The largest absolute Gasteiger partial charge is 0.364 e. The first-order valence-corrected chi connectivity index (χ1v) is 11.6. The number of aromatic nitrogens is 2. The van der Waals surface area contributed by atoms with Crippen molar-refractivity contribution < 1.29 is 24.3 Å². The van der Waals surface area contributed by atoms with Gasteiger partial charge in [0.2, 0.25) is 11.7 Å². The zero-order valence-electron chi connectivity index (χ0n) is 19.2. The first kappa shape index (κ1) is 22.8. The van der Waals surface area contributed by atoms with Gasteiger partial charge in [-0.3, -0.25) is 19.2 Å². The molecule has 2 atom stereocenters. The van der Waals surface area contributed by atoms with Crippen molar-refractivity contribution in [1.29, 1.82) is 0 Å². The summed E-state index contributed by atoms with van der Waals surface area (Å²) in [7, 11) is 1.43. The standard InChI is InChI=1S/C25H25N5O5/c1-29-13-19(31)25(35,24(29)34)11-10-14-4-2-5-16(12-14)30-18-7-3-6-17(27-23(33)15-8-9-15)20(18)21(28-30)22(26)32/h2,4-5,12,15,17,35H,3,6-9,13H2,1H3,(H2,26,32)(H,27,33)/t17-,25+/m1/s1. The molecule has 35 heavy (non-hydrogen) atoms. The smallest absolute Gasteiger partial charge is 0.275 e. The van der Waals surface area contributed by atoms with Gasteiger partial charge in [0.1, 0.15) is 0 Å². The fourth-order valence-electron chi connectivity index (χ4n) is 4.66. The number of nitrogens with zero attached hydrogens (tertiary/aromatic N) is 3. The number of nitrogens with one attached hydrogen (secondary N) is 1. The van der Waals surface area contributed by atoms with Gasteiger partial charge in [-0.25, -0.2) is 4.68 Å². The van der Waals surface area contributed by atoms with E-state index in [1.807, 2.05) is 0 Å². The summed E-state index contributed by atoms with van der Waals surface area (Å²) >= 11 is 0. The van der Waals surface area contributed by atoms with E-state index in [1.165, 1.54) is 7.05 Å². The molecule has 0 radical (unpaired) electrons. The highest BCUT2D eigenvalue weighted by Crippen LogP contribution is 2.36. The highest BCUT2D eigenvalue weighted by molar-refractivity contribution is 6.18. The number of carbonyl (C=O) groups excluding carboxylic acids is 4. The second-order valence-electron chi connectivity index (χ2n) is 9.31. The van der Waals surface area contributed by atoms with Crippen LogP contribution in [0.1, 0.15) is 59.0 Å². The molecule has 10 nitrogen and oxygen atoms in total. The summed E-state index contributed by atoms with van der Waals surface area (Å²) in [6, 6.07) is 6.54. The number of fused-ring (bicyclic) bond motifs is 1. The minimum absolute atomic E-state index is 0.0112. The van der Waals surface area contributed by atoms with Crippen LogP contribution < -0.4 is 11.1 Å². The molecule has 0 unspecified atom stereocenters. The summed E-state index contributed by atoms with van der Waals surface area (Å²) in [6.07, 6.45) is 3.90. The maximum Gasteiger partial charge on any atom is 0.275 e. The first-order chi connectivity index (χ1) is 16.7. The summed E-state index contributed by atoms with van der Waals surface area (Å²) in [6.45, 7) is -0.197. The number of Topliss-reactive ketones (excluding diaryl/α,β-unsaturated/α-hetero) is 1. The molecule has 1 saturated carbocycles. The highest BCUT2D eigenvalue weighted by Gasteiger charge is 2.50. The van der Waals surface area contributed by atoms with Gasteiger partial charge in [-0.1, -0.05) is 12.0 Å². The molecule has 1 aliphatic heterocycles. The Morgan fingerprint density at radius 2 is 2.03 bits per heavy atom. The van der Waals surface area contributed by atoms with Crippen LogP contribution in [0.4, 0.5) is 0 Å². The van der Waals surface area contributed by atoms with Gasteiger partial charge in [0.05, 0.1) is 24.0 Å². The Morgan fingerprint density at radius 1 is 1.26 bits per heavy atom. The summed E-state index contributed by atoms with van der Waals surface area (Å²) < 4.78 is 1.63. The minimum atomic E-state index is -2.36. The van der Waals surface area contributed by atoms with E-state index in [9.17, 15) is 24.3 Å². The molecular formula is C25H25N5O5. The van der Waals surface area contributed by atoms with Crippen LogP contribution in [-0.2, 0) is 20.8 Å². The van der Waals surface area contributed by atoms with Crippen LogP contribution in [-0.4, -0.2) is 62.5 Å². The number of aliphatic hydroxyl groups is 1. The van der Waals surface area contributed by atoms with E-state index in [-0.39, 0.29) is 30.1 Å². The van der Waals surface area contributed by atoms with Gasteiger partial charge in [-0.2, -0.15) is 5.10 Å². The first-order valence-electron chi connectivity index (χ1n) is 11.6. The topological polar surface area (TPSA) is 148 Å². The van der Waals surface area contributed by atoms with Crippen LogP contribution in [0.25, 0.3) is 5.69 Å². The predicted octanol–water partition coefficient (Wildman–Crippen LogP) is -0.00150. The minimum Gasteiger partial charge on any atom is -0.364 e. The second-order valence-corrected chi connectivity index (χ2v) is 9.31. The SMILES string of the molecule is CN1CC(=O)[C@@](O)(C#Cc2cccc(-n3nc(C(N)=O)c4c3CCC[C@H]4NC(=O)C3CC3)c2)C1=O. The van der Waals surface area contributed by atoms with Gasteiger partial charge in [0.25, 0.3) is 17.4 Å². The molecule has 0 spiro atoms. The Kier molecular flexibility index (Phi) is 5.44. The molecule has 1 aromatic carbocycles. The molecule has 10 heteroatoms. The van der Waals surface area contributed by atoms with Crippen molar-refractivity contribution >= 4 is 23.5 Å². The average Bonchev–Trinajstić information content (AvgIpc) is 3.58. The lowest BCUT2D eigenvalue weighted by Crippen LogP contribution is -2.41. The molecule has 3 amide bonds. The van der Waals surface area contributed by atoms with Crippen LogP contribution >= 0.6 is 0 Å². The van der Waals surface area contributed by atoms with Crippen molar-refractivity contribution in [2.75, 3.05) is 13.6 Å². The quantitative estimate of drug-likeness (QED) is 0.419. The highest BCUT2D eigenvalue weighted by atomic mass is 16.3. The maximum absolute atomic E-state index is 12.4. The average molecular weight is 476 g/mol. The summed E-state index contributed by atoms with van der Waals surface area (Å²) in [5.74, 6) is 3.09. The van der Waals surface area contributed by atoms with Crippen LogP contribution in [0.2, 0.25) is 0 Å². The fourth-order valence-corrected chi connectivity index (χ4v) is 4.66. The number of hydrogen-bond donors (Lipinski definition) is 3. The Morgan fingerprint density at radius 3 is 2.69 bits per heavy atom. The van der Waals surface area contributed by atoms with E-state index in [1.54, 1.807) is 28.9 Å². The van der Waals surface area contributed by atoms with E-state index in [0.29, 0.717) is 29.7 Å². The molecule has 180 valence electrons. The third-order valence-corrected chi connectivity index (χ3v) is 6.69. The molecule has 2 fully saturated rings. The van der Waals surface area contributed by atoms with Crippen molar-refractivity contribution in [3.63, 3.8) is 0 Å². The molecule has 3 aliphatic rings. The lowest BCUT2D eigenvalue weighted by Gasteiger charge is -2.25. The molecular weight excluding hydrogens is 450 g/mol. The third kappa shape index (κ3) is 3.98. The number of amides is 3. The number of hydrogen-bond acceptors (Lipinski definition) is 6. The normalized spacial score (nSPS) is 23.5. The van der Waals surface area contributed by atoms with Gasteiger partial charge in [-0.05, 0) is 56.2 Å². The zero-order chi connectivity index (χ0) is 24.9. The molecule has 5 rings (SSSR count). The van der Waals surface area contributed by atoms with Gasteiger partial charge < -0.3 is 21.1 Å². The van der Waals surface area contributed by atoms with E-state index >= 15 is 0 Å². The number of primary amides is 1. The Bertz CT molecular complexity index is 1330. The zero-order valence-corrected chi connectivity index (χ0v) is 19.2. The van der Waals surface area contributed by atoms with Crippen molar-refractivity contribution in [3.8, 4) is 17.5 Å². The Labute approximate surface area is 201 Å². The van der Waals surface area contributed by atoms with Gasteiger partial charge in [0.15, 0.2) is 5.69 Å². The lowest BCUT2D eigenvalue weighted by atomic mass is 9.90. The van der Waals surface area contributed by atoms with Crippen molar-refractivity contribution in [2.24, 2.45) is 11.7 Å². The van der Waals surface area contributed by atoms with Crippen molar-refractivity contribution in [2.45, 2.75) is 43.7 Å². The van der Waals surface area contributed by atoms with Crippen molar-refractivity contribution in [1.82, 2.24) is 20.0 Å².